The van der Waals surface area contributed by atoms with E-state index in [4.69, 9.17) is 0 Å². The van der Waals surface area contributed by atoms with E-state index in [1.54, 1.807) is 24.4 Å². The van der Waals surface area contributed by atoms with Gasteiger partial charge in [0.1, 0.15) is 0 Å². The van der Waals surface area contributed by atoms with Gasteiger partial charge in [-0.05, 0) is 22.9 Å². The number of anilines is 1. The molecule has 0 bridgehead atoms. The fourth-order valence-corrected chi connectivity index (χ4v) is 5.68. The van der Waals surface area contributed by atoms with Crippen LogP contribution >= 0.6 is 11.3 Å². The molecule has 3 aromatic carbocycles. The molecule has 4 aromatic rings. The third-order valence-electron chi connectivity index (χ3n) is 5.16. The van der Waals surface area contributed by atoms with Gasteiger partial charge in [0, 0.05) is 29.6 Å². The molecule has 0 fully saturated rings. The Balaban J connectivity index is 1.53. The highest BCUT2D eigenvalue weighted by Gasteiger charge is 2.22. The van der Waals surface area contributed by atoms with E-state index in [-0.39, 0.29) is 4.90 Å². The molecule has 0 saturated carbocycles. The number of sulfonamides is 1. The monoisotopic (exact) mass is 464 g/mol. The number of nitrogens with zero attached hydrogens (tertiary/aromatic N) is 3. The average Bonchev–Trinajstić information content (AvgIpc) is 3.29. The SMILES string of the molecule is CCN(CC)S(=O)(=O)c1cccc(-c2csc(NN=Cc3cccc4ccccc34)n2)c1. The molecule has 0 amide bonds. The molecule has 32 heavy (non-hydrogen) atoms. The summed E-state index contributed by atoms with van der Waals surface area (Å²) in [6, 6.07) is 21.2. The van der Waals surface area contributed by atoms with Crippen molar-refractivity contribution in [3.63, 3.8) is 0 Å². The van der Waals surface area contributed by atoms with Crippen LogP contribution in [0.15, 0.2) is 82.1 Å². The van der Waals surface area contributed by atoms with Gasteiger partial charge in [-0.1, -0.05) is 68.4 Å². The summed E-state index contributed by atoms with van der Waals surface area (Å²) in [5.41, 5.74) is 5.45. The van der Waals surface area contributed by atoms with Crippen LogP contribution < -0.4 is 5.43 Å². The number of aromatic nitrogens is 1. The molecule has 0 aliphatic carbocycles. The second-order valence-corrected chi connectivity index (χ2v) is 9.89. The Hall–Kier alpha value is -3.07. The van der Waals surface area contributed by atoms with Gasteiger partial charge in [0.15, 0.2) is 0 Å². The zero-order valence-electron chi connectivity index (χ0n) is 17.9. The number of hydrazone groups is 1. The minimum atomic E-state index is -3.52. The fraction of sp³-hybridized carbons (Fsp3) is 0.167. The summed E-state index contributed by atoms with van der Waals surface area (Å²) in [6.45, 7) is 4.54. The molecule has 8 heteroatoms. The third kappa shape index (κ3) is 4.57. The van der Waals surface area contributed by atoms with Crippen LogP contribution in [0.1, 0.15) is 19.4 Å². The van der Waals surface area contributed by atoms with Gasteiger partial charge in [-0.2, -0.15) is 9.41 Å². The normalized spacial score (nSPS) is 12.1. The van der Waals surface area contributed by atoms with Gasteiger partial charge in [0.05, 0.1) is 16.8 Å². The zero-order chi connectivity index (χ0) is 22.6. The minimum Gasteiger partial charge on any atom is -0.253 e. The summed E-state index contributed by atoms with van der Waals surface area (Å²) in [7, 11) is -3.52. The van der Waals surface area contributed by atoms with Gasteiger partial charge < -0.3 is 0 Å². The van der Waals surface area contributed by atoms with E-state index in [0.29, 0.717) is 23.9 Å². The molecule has 0 spiro atoms. The molecule has 164 valence electrons. The zero-order valence-corrected chi connectivity index (χ0v) is 19.5. The molecule has 0 radical (unpaired) electrons. The summed E-state index contributed by atoms with van der Waals surface area (Å²) < 4.78 is 27.1. The first kappa shape index (κ1) is 22.1. The molecule has 6 nitrogen and oxygen atoms in total. The topological polar surface area (TPSA) is 74.7 Å². The molecule has 1 aromatic heterocycles. The standard InChI is InChI=1S/C24H24N4O2S2/c1-3-28(4-2)32(29,30)21-13-8-11-19(15-21)23-17-31-24(26-23)27-25-16-20-12-7-10-18-9-5-6-14-22(18)20/h5-17H,3-4H2,1-2H3,(H,26,27). The molecular formula is C24H24N4O2S2. The first-order chi connectivity index (χ1) is 15.5. The maximum absolute atomic E-state index is 12.8. The Morgan fingerprint density at radius 1 is 1.03 bits per heavy atom. The van der Waals surface area contributed by atoms with Crippen LogP contribution in [0.2, 0.25) is 0 Å². The van der Waals surface area contributed by atoms with E-state index in [1.807, 2.05) is 49.6 Å². The van der Waals surface area contributed by atoms with Crippen molar-refractivity contribution in [1.29, 1.82) is 0 Å². The van der Waals surface area contributed by atoms with E-state index < -0.39 is 10.0 Å². The van der Waals surface area contributed by atoms with Crippen LogP contribution in [0.5, 0.6) is 0 Å². The van der Waals surface area contributed by atoms with Crippen molar-refractivity contribution >= 4 is 43.5 Å². The lowest BCUT2D eigenvalue weighted by Gasteiger charge is -2.18. The van der Waals surface area contributed by atoms with Crippen molar-refractivity contribution in [2.75, 3.05) is 18.5 Å². The van der Waals surface area contributed by atoms with E-state index in [9.17, 15) is 8.42 Å². The molecule has 1 heterocycles. The Labute approximate surface area is 192 Å². The molecule has 0 unspecified atom stereocenters. The maximum atomic E-state index is 12.8. The van der Waals surface area contributed by atoms with Crippen LogP contribution in [-0.4, -0.2) is 37.0 Å². The Morgan fingerprint density at radius 2 is 1.78 bits per heavy atom. The quantitative estimate of drug-likeness (QED) is 0.278. The minimum absolute atomic E-state index is 0.273. The number of fused-ring (bicyclic) bond motifs is 1. The van der Waals surface area contributed by atoms with E-state index in [0.717, 1.165) is 21.9 Å². The smallest absolute Gasteiger partial charge is 0.243 e. The predicted octanol–water partition coefficient (Wildman–Crippen LogP) is 5.44. The number of rotatable bonds is 8. The first-order valence-corrected chi connectivity index (χ1v) is 12.7. The van der Waals surface area contributed by atoms with Crippen LogP contribution in [0.4, 0.5) is 5.13 Å². The van der Waals surface area contributed by atoms with E-state index in [1.165, 1.54) is 15.6 Å². The van der Waals surface area contributed by atoms with Crippen LogP contribution in [0, 0.1) is 0 Å². The van der Waals surface area contributed by atoms with Gasteiger partial charge in [0.2, 0.25) is 15.2 Å². The lowest BCUT2D eigenvalue weighted by Crippen LogP contribution is -2.30. The van der Waals surface area contributed by atoms with Crippen LogP contribution in [-0.2, 0) is 10.0 Å². The highest BCUT2D eigenvalue weighted by Crippen LogP contribution is 2.27. The van der Waals surface area contributed by atoms with E-state index >= 15 is 0 Å². The molecule has 0 saturated heterocycles. The predicted molar refractivity (Wildman–Crippen MR) is 133 cm³/mol. The van der Waals surface area contributed by atoms with Gasteiger partial charge >= 0.3 is 0 Å². The number of thiazole rings is 1. The average molecular weight is 465 g/mol. The van der Waals surface area contributed by atoms with E-state index in [2.05, 4.69) is 33.7 Å². The number of benzene rings is 3. The Bertz CT molecular complexity index is 1350. The van der Waals surface area contributed by atoms with Crippen molar-refractivity contribution < 1.29 is 8.42 Å². The lowest BCUT2D eigenvalue weighted by molar-refractivity contribution is 0.445. The third-order valence-corrected chi connectivity index (χ3v) is 7.96. The van der Waals surface area contributed by atoms with Crippen LogP contribution in [0.25, 0.3) is 22.0 Å². The highest BCUT2D eigenvalue weighted by molar-refractivity contribution is 7.89. The summed E-state index contributed by atoms with van der Waals surface area (Å²) in [5, 5.41) is 9.15. The second kappa shape index (κ2) is 9.60. The molecule has 0 aliphatic rings. The van der Waals surface area contributed by atoms with Gasteiger partial charge in [-0.3, -0.25) is 5.43 Å². The van der Waals surface area contributed by atoms with Crippen molar-refractivity contribution in [3.8, 4) is 11.3 Å². The van der Waals surface area contributed by atoms with Crippen molar-refractivity contribution in [1.82, 2.24) is 9.29 Å². The first-order valence-electron chi connectivity index (χ1n) is 10.4. The highest BCUT2D eigenvalue weighted by atomic mass is 32.2. The molecule has 4 rings (SSSR count). The Morgan fingerprint density at radius 3 is 2.59 bits per heavy atom. The second-order valence-electron chi connectivity index (χ2n) is 7.09. The van der Waals surface area contributed by atoms with Gasteiger partial charge in [-0.25, -0.2) is 13.4 Å². The van der Waals surface area contributed by atoms with Crippen molar-refractivity contribution in [2.45, 2.75) is 18.7 Å². The molecular weight excluding hydrogens is 440 g/mol. The largest absolute Gasteiger partial charge is 0.253 e. The molecule has 1 N–H and O–H groups in total. The van der Waals surface area contributed by atoms with Crippen LogP contribution in [0.3, 0.4) is 0 Å². The summed E-state index contributed by atoms with van der Waals surface area (Å²) >= 11 is 1.42. The fourth-order valence-electron chi connectivity index (χ4n) is 3.51. The summed E-state index contributed by atoms with van der Waals surface area (Å²) in [4.78, 5) is 4.84. The van der Waals surface area contributed by atoms with Gasteiger partial charge in [0.25, 0.3) is 0 Å². The van der Waals surface area contributed by atoms with Crippen molar-refractivity contribution in [2.24, 2.45) is 5.10 Å². The van der Waals surface area contributed by atoms with Gasteiger partial charge in [-0.15, -0.1) is 11.3 Å². The molecule has 0 aliphatic heterocycles. The summed E-state index contributed by atoms with van der Waals surface area (Å²) in [6.07, 6.45) is 1.78. The molecule has 0 atom stereocenters. The Kier molecular flexibility index (Phi) is 6.64. The van der Waals surface area contributed by atoms with Crippen molar-refractivity contribution in [3.05, 3.63) is 77.7 Å². The lowest BCUT2D eigenvalue weighted by atomic mass is 10.1. The number of nitrogens with one attached hydrogen (secondary N) is 1. The summed E-state index contributed by atoms with van der Waals surface area (Å²) in [5.74, 6) is 0. The number of hydrogen-bond acceptors (Lipinski definition) is 6. The number of hydrogen-bond donors (Lipinski definition) is 1. The maximum Gasteiger partial charge on any atom is 0.243 e.